The number of methoxy groups -OCH3 is 2. The maximum atomic E-state index is 12.3. The number of benzene rings is 1. The molecule has 7 nitrogen and oxygen atoms in total. The Kier molecular flexibility index (Phi) is 7.69. The van der Waals surface area contributed by atoms with Gasteiger partial charge in [0.05, 0.1) is 34.1 Å². The second-order valence-corrected chi connectivity index (χ2v) is 7.71. The van der Waals surface area contributed by atoms with E-state index in [1.807, 2.05) is 0 Å². The number of halogens is 2. The van der Waals surface area contributed by atoms with Crippen molar-refractivity contribution < 1.29 is 28.6 Å². The van der Waals surface area contributed by atoms with E-state index in [2.05, 4.69) is 36.6 Å². The average Bonchev–Trinajstić information content (AvgIpc) is 2.85. The minimum atomic E-state index is -0.502. The van der Waals surface area contributed by atoms with Crippen LogP contribution in [0.2, 0.25) is 0 Å². The highest BCUT2D eigenvalue weighted by molar-refractivity contribution is 9.11. The van der Waals surface area contributed by atoms with E-state index in [0.717, 1.165) is 16.7 Å². The molecule has 0 atom stereocenters. The number of thioether (sulfide) groups is 1. The quantitative estimate of drug-likeness (QED) is 0.412. The molecule has 0 unspecified atom stereocenters. The molecule has 0 aliphatic carbocycles. The van der Waals surface area contributed by atoms with Crippen molar-refractivity contribution in [2.24, 2.45) is 0 Å². The van der Waals surface area contributed by atoms with Gasteiger partial charge < -0.3 is 14.2 Å². The lowest BCUT2D eigenvalue weighted by atomic mass is 10.2. The Morgan fingerprint density at radius 1 is 1.23 bits per heavy atom. The molecular formula is C16H15Br2NO6S. The number of carbonyl (C=O) groups is 3. The molecule has 0 bridgehead atoms. The predicted octanol–water partition coefficient (Wildman–Crippen LogP) is 3.45. The summed E-state index contributed by atoms with van der Waals surface area (Å²) in [4.78, 5) is 37.0. The van der Waals surface area contributed by atoms with Crippen LogP contribution in [0.3, 0.4) is 0 Å². The normalized spacial score (nSPS) is 15.7. The minimum Gasteiger partial charge on any atom is -0.480 e. The molecule has 1 fully saturated rings. The first-order chi connectivity index (χ1) is 12.4. The molecule has 1 aliphatic rings. The summed E-state index contributed by atoms with van der Waals surface area (Å²) in [5.41, 5.74) is 0.686. The molecule has 0 N–H and O–H groups in total. The number of imide groups is 1. The summed E-state index contributed by atoms with van der Waals surface area (Å²) in [6, 6.07) is 3.45. The number of amides is 2. The Labute approximate surface area is 171 Å². The van der Waals surface area contributed by atoms with Crippen LogP contribution in [0.4, 0.5) is 4.79 Å². The number of hydrogen-bond donors (Lipinski definition) is 0. The van der Waals surface area contributed by atoms with Crippen LogP contribution in [0.1, 0.15) is 5.56 Å². The number of hydrogen-bond acceptors (Lipinski definition) is 7. The molecule has 140 valence electrons. The van der Waals surface area contributed by atoms with E-state index < -0.39 is 5.97 Å². The maximum Gasteiger partial charge on any atom is 0.343 e. The molecule has 10 heteroatoms. The van der Waals surface area contributed by atoms with Crippen molar-refractivity contribution in [2.45, 2.75) is 0 Å². The number of carbonyl (C=O) groups excluding carboxylic acids is 3. The maximum absolute atomic E-state index is 12.3. The zero-order valence-corrected chi connectivity index (χ0v) is 17.9. The Balaban J connectivity index is 2.19. The summed E-state index contributed by atoms with van der Waals surface area (Å²) in [6.45, 7) is 0.270. The first-order valence-electron chi connectivity index (χ1n) is 7.30. The number of rotatable bonds is 7. The summed E-state index contributed by atoms with van der Waals surface area (Å²) in [6.07, 6.45) is 1.62. The number of esters is 1. The highest BCUT2D eigenvalue weighted by Crippen LogP contribution is 2.37. The van der Waals surface area contributed by atoms with Crippen LogP contribution >= 0.6 is 43.6 Å². The van der Waals surface area contributed by atoms with Gasteiger partial charge in [0.15, 0.2) is 6.61 Å². The van der Waals surface area contributed by atoms with Crippen LogP contribution in [0.25, 0.3) is 6.08 Å². The SMILES string of the molecule is COCCN1C(=O)S/C(=C/c2cc(Br)c(OCC(=O)OC)c(Br)c2)C1=O. The molecule has 0 saturated carbocycles. The highest BCUT2D eigenvalue weighted by Gasteiger charge is 2.34. The van der Waals surface area contributed by atoms with Gasteiger partial charge in [0.1, 0.15) is 5.75 Å². The van der Waals surface area contributed by atoms with Gasteiger partial charge in [-0.05, 0) is 67.4 Å². The van der Waals surface area contributed by atoms with Gasteiger partial charge in [-0.15, -0.1) is 0 Å². The fourth-order valence-corrected chi connectivity index (χ4v) is 4.33. The third kappa shape index (κ3) is 5.09. The highest BCUT2D eigenvalue weighted by atomic mass is 79.9. The van der Waals surface area contributed by atoms with E-state index in [9.17, 15) is 14.4 Å². The van der Waals surface area contributed by atoms with Crippen molar-refractivity contribution in [1.29, 1.82) is 0 Å². The zero-order valence-electron chi connectivity index (χ0n) is 13.9. The number of ether oxygens (including phenoxy) is 3. The molecule has 0 radical (unpaired) electrons. The van der Waals surface area contributed by atoms with Gasteiger partial charge in [0.25, 0.3) is 11.1 Å². The molecule has 1 heterocycles. The molecule has 26 heavy (non-hydrogen) atoms. The molecule has 0 spiro atoms. The van der Waals surface area contributed by atoms with E-state index in [-0.39, 0.29) is 30.9 Å². The van der Waals surface area contributed by atoms with Gasteiger partial charge in [-0.1, -0.05) is 0 Å². The molecule has 1 saturated heterocycles. The van der Waals surface area contributed by atoms with Crippen molar-refractivity contribution in [1.82, 2.24) is 4.90 Å². The summed E-state index contributed by atoms with van der Waals surface area (Å²) in [7, 11) is 2.78. The lowest BCUT2D eigenvalue weighted by Gasteiger charge is -2.11. The van der Waals surface area contributed by atoms with E-state index in [1.54, 1.807) is 18.2 Å². The summed E-state index contributed by atoms with van der Waals surface area (Å²) in [5, 5.41) is -0.325. The minimum absolute atomic E-state index is 0.214. The molecular weight excluding hydrogens is 494 g/mol. The van der Waals surface area contributed by atoms with E-state index >= 15 is 0 Å². The van der Waals surface area contributed by atoms with Gasteiger partial charge in [-0.25, -0.2) is 4.79 Å². The van der Waals surface area contributed by atoms with E-state index in [0.29, 0.717) is 25.2 Å². The molecule has 0 aromatic heterocycles. The fraction of sp³-hybridized carbons (Fsp3) is 0.312. The Hall–Kier alpha value is -1.36. The lowest BCUT2D eigenvalue weighted by molar-refractivity contribution is -0.143. The third-order valence-electron chi connectivity index (χ3n) is 3.27. The van der Waals surface area contributed by atoms with Crippen molar-refractivity contribution in [3.8, 4) is 5.75 Å². The zero-order chi connectivity index (χ0) is 19.3. The topological polar surface area (TPSA) is 82.1 Å². The second kappa shape index (κ2) is 9.54. The summed E-state index contributed by atoms with van der Waals surface area (Å²) < 4.78 is 16.0. The van der Waals surface area contributed by atoms with Crippen LogP contribution < -0.4 is 4.74 Å². The first-order valence-corrected chi connectivity index (χ1v) is 9.70. The smallest absolute Gasteiger partial charge is 0.343 e. The van der Waals surface area contributed by atoms with Crippen LogP contribution in [0, 0.1) is 0 Å². The number of nitrogens with zero attached hydrogens (tertiary/aromatic N) is 1. The first kappa shape index (κ1) is 20.9. The van der Waals surface area contributed by atoms with E-state index in [1.165, 1.54) is 14.2 Å². The van der Waals surface area contributed by atoms with Crippen molar-refractivity contribution in [3.05, 3.63) is 31.5 Å². The Bertz CT molecular complexity index is 744. The molecule has 1 aromatic rings. The average molecular weight is 509 g/mol. The van der Waals surface area contributed by atoms with E-state index in [4.69, 9.17) is 9.47 Å². The van der Waals surface area contributed by atoms with Crippen molar-refractivity contribution >= 4 is 66.8 Å². The van der Waals surface area contributed by atoms with Crippen molar-refractivity contribution in [3.63, 3.8) is 0 Å². The Morgan fingerprint density at radius 3 is 2.46 bits per heavy atom. The van der Waals surface area contributed by atoms with Gasteiger partial charge in [-0.2, -0.15) is 0 Å². The predicted molar refractivity (Wildman–Crippen MR) is 104 cm³/mol. The lowest BCUT2D eigenvalue weighted by Crippen LogP contribution is -2.31. The summed E-state index contributed by atoms with van der Waals surface area (Å²) in [5.74, 6) is -0.423. The van der Waals surface area contributed by atoms with Crippen LogP contribution in [0.15, 0.2) is 26.0 Å². The molecule has 1 aromatic carbocycles. The molecule has 2 amide bonds. The molecule has 1 aliphatic heterocycles. The standard InChI is InChI=1S/C16H15Br2NO6S/c1-23-4-3-19-15(21)12(26-16(19)22)7-9-5-10(17)14(11(18)6-9)25-8-13(20)24-2/h5-7H,3-4,8H2,1-2H3/b12-7+. The largest absolute Gasteiger partial charge is 0.480 e. The Morgan fingerprint density at radius 2 is 1.88 bits per heavy atom. The third-order valence-corrected chi connectivity index (χ3v) is 5.36. The van der Waals surface area contributed by atoms with Gasteiger partial charge in [0, 0.05) is 7.11 Å². The van der Waals surface area contributed by atoms with Gasteiger partial charge >= 0.3 is 5.97 Å². The molecule has 2 rings (SSSR count). The van der Waals surface area contributed by atoms with Crippen LogP contribution in [-0.2, 0) is 19.1 Å². The monoisotopic (exact) mass is 507 g/mol. The summed E-state index contributed by atoms with van der Waals surface area (Å²) >= 11 is 7.62. The van der Waals surface area contributed by atoms with Gasteiger partial charge in [-0.3, -0.25) is 14.5 Å². The van der Waals surface area contributed by atoms with Crippen molar-refractivity contribution in [2.75, 3.05) is 34.0 Å². The second-order valence-electron chi connectivity index (χ2n) is 5.00. The van der Waals surface area contributed by atoms with Gasteiger partial charge in [0.2, 0.25) is 0 Å². The fourth-order valence-electron chi connectivity index (χ4n) is 2.02. The van der Waals surface area contributed by atoms with Crippen LogP contribution in [0.5, 0.6) is 5.75 Å². The van der Waals surface area contributed by atoms with Crippen LogP contribution in [-0.4, -0.2) is 56.0 Å².